The molecule has 23 heavy (non-hydrogen) atoms. The predicted octanol–water partition coefficient (Wildman–Crippen LogP) is 2.87. The van der Waals surface area contributed by atoms with Gasteiger partial charge < -0.3 is 11.1 Å². The van der Waals surface area contributed by atoms with Crippen molar-refractivity contribution in [1.82, 2.24) is 10.2 Å². The van der Waals surface area contributed by atoms with Gasteiger partial charge in [-0.25, -0.2) is 0 Å². The quantitative estimate of drug-likeness (QED) is 0.847. The van der Waals surface area contributed by atoms with E-state index in [1.165, 1.54) is 36.9 Å². The van der Waals surface area contributed by atoms with Gasteiger partial charge in [-0.2, -0.15) is 0 Å². The van der Waals surface area contributed by atoms with Gasteiger partial charge in [-0.1, -0.05) is 30.7 Å². The summed E-state index contributed by atoms with van der Waals surface area (Å²) in [7, 11) is 0. The zero-order valence-electron chi connectivity index (χ0n) is 14.0. The molecule has 2 rings (SSSR count). The fourth-order valence-corrected chi connectivity index (χ4v) is 2.84. The molecule has 1 amide bonds. The molecule has 0 radical (unpaired) electrons. The van der Waals surface area contributed by atoms with Crippen molar-refractivity contribution in [3.63, 3.8) is 0 Å². The number of nitrogens with zero attached hydrogens (tertiary/aromatic N) is 1. The predicted molar refractivity (Wildman–Crippen MR) is 100 cm³/mol. The second-order valence-corrected chi connectivity index (χ2v) is 6.09. The average molecular weight is 362 g/mol. The highest BCUT2D eigenvalue weighted by Crippen LogP contribution is 2.20. The van der Waals surface area contributed by atoms with Crippen LogP contribution in [0.5, 0.6) is 0 Å². The van der Waals surface area contributed by atoms with Crippen molar-refractivity contribution >= 4 is 30.7 Å². The van der Waals surface area contributed by atoms with Crippen molar-refractivity contribution in [3.05, 3.63) is 35.4 Å². The van der Waals surface area contributed by atoms with Crippen LogP contribution < -0.4 is 11.1 Å². The number of hydrogen-bond donors (Lipinski definition) is 2. The van der Waals surface area contributed by atoms with Crippen molar-refractivity contribution in [2.24, 2.45) is 5.73 Å². The van der Waals surface area contributed by atoms with E-state index < -0.39 is 6.04 Å². The fourth-order valence-electron chi connectivity index (χ4n) is 2.84. The molecule has 1 fully saturated rings. The summed E-state index contributed by atoms with van der Waals surface area (Å²) in [5.74, 6) is -0.101. The number of rotatable bonds is 5. The Morgan fingerprint density at radius 3 is 2.57 bits per heavy atom. The third-order valence-corrected chi connectivity index (χ3v) is 4.30. The number of piperidine rings is 1. The van der Waals surface area contributed by atoms with Gasteiger partial charge in [0.05, 0.1) is 6.04 Å². The minimum absolute atomic E-state index is 0. The molecule has 4 nitrogen and oxygen atoms in total. The molecule has 0 spiro atoms. The zero-order valence-corrected chi connectivity index (χ0v) is 15.6. The van der Waals surface area contributed by atoms with E-state index in [9.17, 15) is 4.79 Å². The third-order valence-electron chi connectivity index (χ3n) is 4.30. The SMILES string of the molecule is CC1CCCCN1Cc1ccccc1CNC(=O)[C@@H](C)N.Cl.Cl. The van der Waals surface area contributed by atoms with Crippen molar-refractivity contribution in [3.8, 4) is 0 Å². The highest BCUT2D eigenvalue weighted by atomic mass is 35.5. The largest absolute Gasteiger partial charge is 0.351 e. The zero-order chi connectivity index (χ0) is 15.2. The van der Waals surface area contributed by atoms with Gasteiger partial charge in [-0.3, -0.25) is 9.69 Å². The molecular formula is C17H29Cl2N3O. The first kappa shape index (κ1) is 22.2. The third kappa shape index (κ3) is 6.68. The van der Waals surface area contributed by atoms with Crippen LogP contribution in [0.4, 0.5) is 0 Å². The van der Waals surface area contributed by atoms with Crippen molar-refractivity contribution in [1.29, 1.82) is 0 Å². The van der Waals surface area contributed by atoms with Crippen molar-refractivity contribution < 1.29 is 4.79 Å². The Bertz CT molecular complexity index is 483. The molecule has 132 valence electrons. The van der Waals surface area contributed by atoms with E-state index in [0.29, 0.717) is 12.6 Å². The van der Waals surface area contributed by atoms with Crippen LogP contribution >= 0.6 is 24.8 Å². The monoisotopic (exact) mass is 361 g/mol. The van der Waals surface area contributed by atoms with E-state index in [1.807, 2.05) is 6.07 Å². The summed E-state index contributed by atoms with van der Waals surface area (Å²) in [5, 5.41) is 2.90. The second-order valence-electron chi connectivity index (χ2n) is 6.09. The highest BCUT2D eigenvalue weighted by Gasteiger charge is 2.19. The standard InChI is InChI=1S/C17H27N3O.2ClH/c1-13-7-5-6-10-20(13)12-16-9-4-3-8-15(16)11-19-17(21)14(2)18;;/h3-4,8-9,13-14H,5-7,10-12,18H2,1-2H3,(H,19,21);2*1H/t13?,14-;;/m1../s1. The lowest BCUT2D eigenvalue weighted by molar-refractivity contribution is -0.122. The highest BCUT2D eigenvalue weighted by molar-refractivity contribution is 5.85. The number of hydrogen-bond acceptors (Lipinski definition) is 3. The summed E-state index contributed by atoms with van der Waals surface area (Å²) in [5.41, 5.74) is 8.07. The van der Waals surface area contributed by atoms with Gasteiger partial charge in [0.1, 0.15) is 0 Å². The van der Waals surface area contributed by atoms with Gasteiger partial charge in [0.15, 0.2) is 0 Å². The molecular weight excluding hydrogens is 333 g/mol. The molecule has 1 aliphatic rings. The molecule has 1 saturated heterocycles. The Morgan fingerprint density at radius 1 is 1.30 bits per heavy atom. The first-order valence-corrected chi connectivity index (χ1v) is 7.92. The molecule has 1 heterocycles. The molecule has 0 bridgehead atoms. The van der Waals surface area contributed by atoms with Crippen LogP contribution in [0.3, 0.4) is 0 Å². The number of likely N-dealkylation sites (tertiary alicyclic amines) is 1. The van der Waals surface area contributed by atoms with Crippen LogP contribution in [0, 0.1) is 0 Å². The van der Waals surface area contributed by atoms with Gasteiger partial charge in [0, 0.05) is 19.1 Å². The molecule has 1 aliphatic heterocycles. The lowest BCUT2D eigenvalue weighted by Gasteiger charge is -2.33. The summed E-state index contributed by atoms with van der Waals surface area (Å²) in [6.45, 7) is 6.70. The van der Waals surface area contributed by atoms with Crippen LogP contribution in [0.15, 0.2) is 24.3 Å². The number of halogens is 2. The minimum atomic E-state index is -0.459. The van der Waals surface area contributed by atoms with Crippen molar-refractivity contribution in [2.45, 2.75) is 58.3 Å². The van der Waals surface area contributed by atoms with Crippen molar-refractivity contribution in [2.75, 3.05) is 6.54 Å². The van der Waals surface area contributed by atoms with Crippen LogP contribution in [-0.4, -0.2) is 29.4 Å². The lowest BCUT2D eigenvalue weighted by atomic mass is 10.0. The van der Waals surface area contributed by atoms with Crippen LogP contribution in [0.25, 0.3) is 0 Å². The molecule has 2 atom stereocenters. The summed E-state index contributed by atoms with van der Waals surface area (Å²) in [4.78, 5) is 14.2. The van der Waals surface area contributed by atoms with E-state index in [-0.39, 0.29) is 30.7 Å². The maximum atomic E-state index is 11.6. The Balaban J connectivity index is 0.00000242. The van der Waals surface area contributed by atoms with E-state index in [4.69, 9.17) is 5.73 Å². The smallest absolute Gasteiger partial charge is 0.236 e. The van der Waals surface area contributed by atoms with Gasteiger partial charge in [-0.15, -0.1) is 24.8 Å². The van der Waals surface area contributed by atoms with E-state index >= 15 is 0 Å². The maximum absolute atomic E-state index is 11.6. The van der Waals surface area contributed by atoms with Crippen LogP contribution in [-0.2, 0) is 17.9 Å². The number of carbonyl (C=O) groups is 1. The van der Waals surface area contributed by atoms with Gasteiger partial charge in [0.25, 0.3) is 0 Å². The number of benzene rings is 1. The molecule has 1 aromatic rings. The van der Waals surface area contributed by atoms with Gasteiger partial charge >= 0.3 is 0 Å². The average Bonchev–Trinajstić information content (AvgIpc) is 2.48. The van der Waals surface area contributed by atoms with Crippen LogP contribution in [0.1, 0.15) is 44.2 Å². The normalized spacial score (nSPS) is 19.2. The van der Waals surface area contributed by atoms with E-state index in [1.54, 1.807) is 6.92 Å². The van der Waals surface area contributed by atoms with Gasteiger partial charge in [-0.05, 0) is 44.4 Å². The fraction of sp³-hybridized carbons (Fsp3) is 0.588. The summed E-state index contributed by atoms with van der Waals surface area (Å²) in [6.07, 6.45) is 3.90. The number of nitrogens with two attached hydrogens (primary N) is 1. The summed E-state index contributed by atoms with van der Waals surface area (Å²) >= 11 is 0. The first-order valence-electron chi connectivity index (χ1n) is 7.92. The Kier molecular flexibility index (Phi) is 10.5. The molecule has 6 heteroatoms. The Hall–Kier alpha value is -0.810. The molecule has 0 saturated carbocycles. The van der Waals surface area contributed by atoms with E-state index in [0.717, 1.165) is 6.54 Å². The summed E-state index contributed by atoms with van der Waals surface area (Å²) in [6, 6.07) is 8.53. The number of carbonyl (C=O) groups excluding carboxylic acids is 1. The Labute approximate surface area is 152 Å². The summed E-state index contributed by atoms with van der Waals surface area (Å²) < 4.78 is 0. The first-order chi connectivity index (χ1) is 10.1. The van der Waals surface area contributed by atoms with E-state index in [2.05, 4.69) is 35.3 Å². The molecule has 1 aromatic carbocycles. The lowest BCUT2D eigenvalue weighted by Crippen LogP contribution is -2.39. The number of nitrogens with one attached hydrogen (secondary N) is 1. The molecule has 0 aromatic heterocycles. The molecule has 3 N–H and O–H groups in total. The minimum Gasteiger partial charge on any atom is -0.351 e. The molecule has 0 aliphatic carbocycles. The van der Waals surface area contributed by atoms with Gasteiger partial charge in [0.2, 0.25) is 5.91 Å². The van der Waals surface area contributed by atoms with Crippen LogP contribution in [0.2, 0.25) is 0 Å². The second kappa shape index (κ2) is 10.9. The molecule has 1 unspecified atom stereocenters. The topological polar surface area (TPSA) is 58.4 Å². The Morgan fingerprint density at radius 2 is 1.96 bits per heavy atom. The number of amides is 1. The maximum Gasteiger partial charge on any atom is 0.236 e.